The lowest BCUT2D eigenvalue weighted by Gasteiger charge is -2.01. The smallest absolute Gasteiger partial charge is 0.231 e. The fourth-order valence-corrected chi connectivity index (χ4v) is 2.07. The molecule has 0 unspecified atom stereocenters. The van der Waals surface area contributed by atoms with Crippen molar-refractivity contribution in [3.8, 4) is 22.9 Å². The van der Waals surface area contributed by atoms with Crippen LogP contribution in [0.25, 0.3) is 17.0 Å². The van der Waals surface area contributed by atoms with E-state index in [2.05, 4.69) is 10.2 Å². The molecule has 5 heteroatoms. The highest BCUT2D eigenvalue weighted by Crippen LogP contribution is 2.35. The first-order valence-corrected chi connectivity index (χ1v) is 5.61. The van der Waals surface area contributed by atoms with Crippen LogP contribution in [0.1, 0.15) is 0 Å². The van der Waals surface area contributed by atoms with Gasteiger partial charge in [0.25, 0.3) is 0 Å². The van der Waals surface area contributed by atoms with Crippen LogP contribution in [-0.4, -0.2) is 21.4 Å². The molecule has 0 bridgehead atoms. The van der Waals surface area contributed by atoms with Crippen molar-refractivity contribution in [1.29, 1.82) is 0 Å². The normalized spacial score (nSPS) is 13.1. The molecule has 88 valence electrons. The van der Waals surface area contributed by atoms with Gasteiger partial charge in [0.1, 0.15) is 0 Å². The average Bonchev–Trinajstić information content (AvgIpc) is 3.04. The van der Waals surface area contributed by atoms with Gasteiger partial charge in [0.2, 0.25) is 6.79 Å². The summed E-state index contributed by atoms with van der Waals surface area (Å²) in [6, 6.07) is 11.6. The lowest BCUT2D eigenvalue weighted by Crippen LogP contribution is -1.93. The van der Waals surface area contributed by atoms with E-state index in [-0.39, 0.29) is 6.79 Å². The summed E-state index contributed by atoms with van der Waals surface area (Å²) in [6.45, 7) is 0.277. The van der Waals surface area contributed by atoms with Crippen molar-refractivity contribution in [2.75, 3.05) is 6.79 Å². The number of ether oxygens (including phenoxy) is 2. The second-order valence-corrected chi connectivity index (χ2v) is 4.02. The zero-order valence-corrected chi connectivity index (χ0v) is 9.41. The summed E-state index contributed by atoms with van der Waals surface area (Å²) in [6.07, 6.45) is 1.94. The van der Waals surface area contributed by atoms with E-state index in [0.717, 1.165) is 28.5 Å². The third kappa shape index (κ3) is 1.27. The summed E-state index contributed by atoms with van der Waals surface area (Å²) >= 11 is 0. The largest absolute Gasteiger partial charge is 0.454 e. The molecule has 0 radical (unpaired) electrons. The first kappa shape index (κ1) is 9.47. The Bertz CT molecular complexity index is 736. The molecule has 0 amide bonds. The molecule has 3 aromatic rings. The predicted octanol–water partition coefficient (Wildman–Crippen LogP) is 2.12. The Morgan fingerprint density at radius 2 is 1.94 bits per heavy atom. The molecule has 0 spiro atoms. The van der Waals surface area contributed by atoms with E-state index in [4.69, 9.17) is 9.47 Å². The van der Waals surface area contributed by atoms with Crippen LogP contribution in [0, 0.1) is 0 Å². The Hall–Kier alpha value is -2.56. The summed E-state index contributed by atoms with van der Waals surface area (Å²) in [5.74, 6) is 2.32. The van der Waals surface area contributed by atoms with Crippen molar-refractivity contribution in [2.45, 2.75) is 0 Å². The van der Waals surface area contributed by atoms with E-state index in [1.807, 2.05) is 47.0 Å². The molecule has 0 atom stereocenters. The molecule has 18 heavy (non-hydrogen) atoms. The molecule has 4 rings (SSSR count). The van der Waals surface area contributed by atoms with E-state index >= 15 is 0 Å². The molecule has 0 aliphatic carbocycles. The van der Waals surface area contributed by atoms with Gasteiger partial charge < -0.3 is 9.47 Å². The molecule has 0 fully saturated rings. The zero-order chi connectivity index (χ0) is 11.9. The highest BCUT2D eigenvalue weighted by Gasteiger charge is 2.16. The van der Waals surface area contributed by atoms with Crippen molar-refractivity contribution >= 4 is 5.65 Å². The lowest BCUT2D eigenvalue weighted by molar-refractivity contribution is 0.174. The minimum Gasteiger partial charge on any atom is -0.454 e. The molecule has 1 aliphatic heterocycles. The first-order valence-electron chi connectivity index (χ1n) is 5.61. The number of benzene rings is 1. The SMILES string of the molecule is c1ccn2c(-c3ccc4c(c3)OCO4)nnc2c1. The number of hydrogen-bond acceptors (Lipinski definition) is 4. The number of rotatable bonds is 1. The van der Waals surface area contributed by atoms with Crippen LogP contribution in [0.15, 0.2) is 42.6 Å². The second kappa shape index (κ2) is 3.46. The summed E-state index contributed by atoms with van der Waals surface area (Å²) in [4.78, 5) is 0. The summed E-state index contributed by atoms with van der Waals surface area (Å²) in [5, 5.41) is 8.34. The van der Waals surface area contributed by atoms with E-state index < -0.39 is 0 Å². The highest BCUT2D eigenvalue weighted by atomic mass is 16.7. The van der Waals surface area contributed by atoms with Gasteiger partial charge in [-0.15, -0.1) is 10.2 Å². The van der Waals surface area contributed by atoms with Gasteiger partial charge in [0, 0.05) is 11.8 Å². The maximum absolute atomic E-state index is 5.37. The van der Waals surface area contributed by atoms with E-state index in [1.165, 1.54) is 0 Å². The van der Waals surface area contributed by atoms with E-state index in [0.29, 0.717) is 0 Å². The summed E-state index contributed by atoms with van der Waals surface area (Å²) in [5.41, 5.74) is 1.78. The molecule has 2 aromatic heterocycles. The Kier molecular flexibility index (Phi) is 1.82. The maximum Gasteiger partial charge on any atom is 0.231 e. The topological polar surface area (TPSA) is 48.7 Å². The molecule has 5 nitrogen and oxygen atoms in total. The van der Waals surface area contributed by atoms with Crippen LogP contribution in [-0.2, 0) is 0 Å². The lowest BCUT2D eigenvalue weighted by atomic mass is 10.2. The van der Waals surface area contributed by atoms with Crippen molar-refractivity contribution in [1.82, 2.24) is 14.6 Å². The van der Waals surface area contributed by atoms with Crippen molar-refractivity contribution in [2.24, 2.45) is 0 Å². The third-order valence-corrected chi connectivity index (χ3v) is 2.94. The highest BCUT2D eigenvalue weighted by molar-refractivity contribution is 5.64. The van der Waals surface area contributed by atoms with Crippen LogP contribution in [0.3, 0.4) is 0 Å². The van der Waals surface area contributed by atoms with Crippen molar-refractivity contribution in [3.63, 3.8) is 0 Å². The first-order chi connectivity index (χ1) is 8.92. The molecule has 0 saturated heterocycles. The Morgan fingerprint density at radius 1 is 1.00 bits per heavy atom. The van der Waals surface area contributed by atoms with Gasteiger partial charge in [-0.25, -0.2) is 0 Å². The number of aromatic nitrogens is 3. The Balaban J connectivity index is 1.92. The van der Waals surface area contributed by atoms with Gasteiger partial charge in [0.05, 0.1) is 0 Å². The van der Waals surface area contributed by atoms with Gasteiger partial charge in [-0.2, -0.15) is 0 Å². The number of nitrogens with zero attached hydrogens (tertiary/aromatic N) is 3. The minimum atomic E-state index is 0.277. The fraction of sp³-hybridized carbons (Fsp3) is 0.0769. The van der Waals surface area contributed by atoms with Crippen LogP contribution >= 0.6 is 0 Å². The molecule has 0 saturated carbocycles. The summed E-state index contributed by atoms with van der Waals surface area (Å²) < 4.78 is 12.6. The fourth-order valence-electron chi connectivity index (χ4n) is 2.07. The molecular weight excluding hydrogens is 230 g/mol. The maximum atomic E-state index is 5.37. The number of hydrogen-bond donors (Lipinski definition) is 0. The summed E-state index contributed by atoms with van der Waals surface area (Å²) in [7, 11) is 0. The van der Waals surface area contributed by atoms with Gasteiger partial charge >= 0.3 is 0 Å². The van der Waals surface area contributed by atoms with Gasteiger partial charge in [-0.3, -0.25) is 4.40 Å². The monoisotopic (exact) mass is 239 g/mol. The van der Waals surface area contributed by atoms with Crippen molar-refractivity contribution < 1.29 is 9.47 Å². The Labute approximate surface area is 103 Å². The molecular formula is C13H9N3O2. The van der Waals surface area contributed by atoms with E-state index in [1.54, 1.807) is 0 Å². The molecule has 3 heterocycles. The molecule has 1 aliphatic rings. The van der Waals surface area contributed by atoms with E-state index in [9.17, 15) is 0 Å². The van der Waals surface area contributed by atoms with Gasteiger partial charge in [-0.1, -0.05) is 6.07 Å². The standard InChI is InChI=1S/C13H9N3O2/c1-2-6-16-12(3-1)14-15-13(16)9-4-5-10-11(7-9)18-8-17-10/h1-7H,8H2. The quantitative estimate of drug-likeness (QED) is 0.652. The van der Waals surface area contributed by atoms with Crippen LogP contribution < -0.4 is 9.47 Å². The van der Waals surface area contributed by atoms with Crippen molar-refractivity contribution in [3.05, 3.63) is 42.6 Å². The Morgan fingerprint density at radius 3 is 2.94 bits per heavy atom. The minimum absolute atomic E-state index is 0.277. The third-order valence-electron chi connectivity index (χ3n) is 2.94. The van der Waals surface area contributed by atoms with Gasteiger partial charge in [0.15, 0.2) is 23.0 Å². The van der Waals surface area contributed by atoms with Gasteiger partial charge in [-0.05, 0) is 30.3 Å². The molecule has 1 aromatic carbocycles. The second-order valence-electron chi connectivity index (χ2n) is 4.02. The average molecular weight is 239 g/mol. The zero-order valence-electron chi connectivity index (χ0n) is 9.41. The van der Waals surface area contributed by atoms with Crippen LogP contribution in [0.4, 0.5) is 0 Å². The number of pyridine rings is 1. The van der Waals surface area contributed by atoms with Crippen LogP contribution in [0.2, 0.25) is 0 Å². The molecule has 0 N–H and O–H groups in total. The number of fused-ring (bicyclic) bond motifs is 2. The predicted molar refractivity (Wildman–Crippen MR) is 64.5 cm³/mol. The van der Waals surface area contributed by atoms with Crippen LogP contribution in [0.5, 0.6) is 11.5 Å².